The van der Waals surface area contributed by atoms with Crippen LogP contribution in [0.3, 0.4) is 0 Å². The van der Waals surface area contributed by atoms with Crippen molar-refractivity contribution in [3.05, 3.63) is 39.7 Å². The molecule has 0 spiro atoms. The quantitative estimate of drug-likeness (QED) is 0.314. The standard InChI is InChI=1S/C19H30N4O2S.HI/c1-7-20-17(21-10-16-23-14(11-26-16)18(3,4)5)22-12-19(6,24)15-9-8-13(2)25-15;/h8-9,11,24H,7,10,12H2,1-6H3,(H2,20,21,22);1H. The molecule has 0 amide bonds. The molecular formula is C19H31IN4O2S. The zero-order valence-corrected chi connectivity index (χ0v) is 20.1. The number of nitrogens with zero attached hydrogens (tertiary/aromatic N) is 2. The first-order chi connectivity index (χ1) is 12.1. The van der Waals surface area contributed by atoms with Crippen LogP contribution in [0.2, 0.25) is 0 Å². The smallest absolute Gasteiger partial charge is 0.191 e. The van der Waals surface area contributed by atoms with Crippen LogP contribution in [-0.2, 0) is 17.6 Å². The predicted octanol–water partition coefficient (Wildman–Crippen LogP) is 3.92. The SMILES string of the molecule is CCNC(=NCc1nc(C(C)(C)C)cs1)NCC(C)(O)c1ccc(C)o1.I. The molecule has 0 aliphatic carbocycles. The number of hydrogen-bond acceptors (Lipinski definition) is 5. The predicted molar refractivity (Wildman–Crippen MR) is 122 cm³/mol. The van der Waals surface area contributed by atoms with Crippen molar-refractivity contribution < 1.29 is 9.52 Å². The number of rotatable bonds is 6. The molecule has 2 heterocycles. The van der Waals surface area contributed by atoms with E-state index < -0.39 is 5.60 Å². The second kappa shape index (κ2) is 9.88. The number of aryl methyl sites for hydroxylation is 1. The third-order valence-electron chi connectivity index (χ3n) is 3.91. The fourth-order valence-electron chi connectivity index (χ4n) is 2.28. The van der Waals surface area contributed by atoms with E-state index in [1.165, 1.54) is 0 Å². The van der Waals surface area contributed by atoms with Crippen LogP contribution in [0, 0.1) is 6.92 Å². The highest BCUT2D eigenvalue weighted by molar-refractivity contribution is 14.0. The van der Waals surface area contributed by atoms with Gasteiger partial charge < -0.3 is 20.2 Å². The number of furan rings is 1. The van der Waals surface area contributed by atoms with Gasteiger partial charge in [-0.15, -0.1) is 35.3 Å². The van der Waals surface area contributed by atoms with Crippen LogP contribution in [0.25, 0.3) is 0 Å². The monoisotopic (exact) mass is 506 g/mol. The van der Waals surface area contributed by atoms with Gasteiger partial charge >= 0.3 is 0 Å². The first kappa shape index (κ1) is 23.9. The van der Waals surface area contributed by atoms with E-state index >= 15 is 0 Å². The molecule has 1 unspecified atom stereocenters. The van der Waals surface area contributed by atoms with E-state index in [0.29, 0.717) is 18.3 Å². The lowest BCUT2D eigenvalue weighted by molar-refractivity contribution is 0.0378. The maximum absolute atomic E-state index is 10.6. The summed E-state index contributed by atoms with van der Waals surface area (Å²) in [5, 5.41) is 20.1. The van der Waals surface area contributed by atoms with Crippen molar-refractivity contribution in [1.29, 1.82) is 0 Å². The number of nitrogens with one attached hydrogen (secondary N) is 2. The van der Waals surface area contributed by atoms with Gasteiger partial charge in [0.1, 0.15) is 22.1 Å². The molecular weight excluding hydrogens is 475 g/mol. The average Bonchev–Trinajstić information content (AvgIpc) is 3.19. The molecule has 6 nitrogen and oxygen atoms in total. The highest BCUT2D eigenvalue weighted by Gasteiger charge is 2.27. The second-order valence-corrected chi connectivity index (χ2v) is 8.55. The van der Waals surface area contributed by atoms with E-state index in [-0.39, 0.29) is 35.9 Å². The van der Waals surface area contributed by atoms with Crippen LogP contribution < -0.4 is 10.6 Å². The maximum atomic E-state index is 10.6. The summed E-state index contributed by atoms with van der Waals surface area (Å²) in [6.07, 6.45) is 0. The van der Waals surface area contributed by atoms with Gasteiger partial charge in [0.05, 0.1) is 18.8 Å². The topological polar surface area (TPSA) is 82.7 Å². The van der Waals surface area contributed by atoms with Gasteiger partial charge in [-0.1, -0.05) is 20.8 Å². The van der Waals surface area contributed by atoms with E-state index in [9.17, 15) is 5.11 Å². The largest absolute Gasteiger partial charge is 0.463 e. The number of guanidine groups is 1. The Hall–Kier alpha value is -1.13. The first-order valence-electron chi connectivity index (χ1n) is 8.88. The summed E-state index contributed by atoms with van der Waals surface area (Å²) in [6, 6.07) is 3.64. The van der Waals surface area contributed by atoms with Crippen molar-refractivity contribution in [3.8, 4) is 0 Å². The van der Waals surface area contributed by atoms with Crippen molar-refractivity contribution >= 4 is 41.3 Å². The van der Waals surface area contributed by atoms with E-state index in [1.807, 2.05) is 19.9 Å². The van der Waals surface area contributed by atoms with E-state index in [0.717, 1.165) is 23.0 Å². The highest BCUT2D eigenvalue weighted by Crippen LogP contribution is 2.24. The van der Waals surface area contributed by atoms with Crippen molar-refractivity contribution in [2.24, 2.45) is 4.99 Å². The van der Waals surface area contributed by atoms with Gasteiger partial charge in [-0.05, 0) is 32.9 Å². The summed E-state index contributed by atoms with van der Waals surface area (Å²) in [7, 11) is 0. The Bertz CT molecular complexity index is 747. The van der Waals surface area contributed by atoms with Gasteiger partial charge in [-0.3, -0.25) is 0 Å². The molecule has 0 radical (unpaired) electrons. The minimum Gasteiger partial charge on any atom is -0.463 e. The van der Waals surface area contributed by atoms with Crippen LogP contribution in [0.1, 0.15) is 56.8 Å². The summed E-state index contributed by atoms with van der Waals surface area (Å²) in [4.78, 5) is 9.25. The zero-order valence-electron chi connectivity index (χ0n) is 16.9. The summed E-state index contributed by atoms with van der Waals surface area (Å²) < 4.78 is 5.55. The van der Waals surface area contributed by atoms with E-state index in [2.05, 4.69) is 46.8 Å². The number of hydrogen-bond donors (Lipinski definition) is 3. The van der Waals surface area contributed by atoms with E-state index in [4.69, 9.17) is 4.42 Å². The molecule has 2 aromatic rings. The number of halogens is 1. The Kier molecular flexibility index (Phi) is 8.75. The Labute approximate surface area is 182 Å². The molecule has 2 aromatic heterocycles. The molecule has 0 saturated carbocycles. The molecule has 0 fully saturated rings. The Morgan fingerprint density at radius 1 is 1.26 bits per heavy atom. The van der Waals surface area contributed by atoms with Crippen molar-refractivity contribution in [2.75, 3.05) is 13.1 Å². The van der Waals surface area contributed by atoms with Crippen molar-refractivity contribution in [3.63, 3.8) is 0 Å². The van der Waals surface area contributed by atoms with Crippen LogP contribution in [0.4, 0.5) is 0 Å². The lowest BCUT2D eigenvalue weighted by Crippen LogP contribution is -2.44. The van der Waals surface area contributed by atoms with Crippen LogP contribution >= 0.6 is 35.3 Å². The van der Waals surface area contributed by atoms with Crippen molar-refractivity contribution in [2.45, 2.75) is 59.1 Å². The number of aliphatic imine (C=N–C) groups is 1. The molecule has 1 atom stereocenters. The van der Waals surface area contributed by atoms with Gasteiger partial charge in [-0.25, -0.2) is 9.98 Å². The molecule has 3 N–H and O–H groups in total. The lowest BCUT2D eigenvalue weighted by Gasteiger charge is -2.22. The normalized spacial score (nSPS) is 14.4. The zero-order chi connectivity index (χ0) is 19.4. The van der Waals surface area contributed by atoms with Gasteiger partial charge in [0.15, 0.2) is 5.96 Å². The summed E-state index contributed by atoms with van der Waals surface area (Å²) in [6.45, 7) is 13.6. The van der Waals surface area contributed by atoms with Gasteiger partial charge in [0.2, 0.25) is 0 Å². The fourth-order valence-corrected chi connectivity index (χ4v) is 3.23. The highest BCUT2D eigenvalue weighted by atomic mass is 127. The van der Waals surface area contributed by atoms with Gasteiger partial charge in [0.25, 0.3) is 0 Å². The third kappa shape index (κ3) is 7.08. The molecule has 0 aliphatic rings. The Balaban J connectivity index is 0.00000364. The maximum Gasteiger partial charge on any atom is 0.191 e. The second-order valence-electron chi connectivity index (χ2n) is 7.61. The average molecular weight is 506 g/mol. The first-order valence-corrected chi connectivity index (χ1v) is 9.76. The number of aromatic nitrogens is 1. The lowest BCUT2D eigenvalue weighted by atomic mass is 9.93. The van der Waals surface area contributed by atoms with Gasteiger partial charge in [0, 0.05) is 17.3 Å². The molecule has 152 valence electrons. The number of aliphatic hydroxyl groups is 1. The van der Waals surface area contributed by atoms with Crippen LogP contribution in [-0.4, -0.2) is 29.1 Å². The molecule has 27 heavy (non-hydrogen) atoms. The minimum atomic E-state index is -1.12. The van der Waals surface area contributed by atoms with Crippen molar-refractivity contribution in [1.82, 2.24) is 15.6 Å². The molecule has 0 aromatic carbocycles. The number of thiazole rings is 1. The summed E-state index contributed by atoms with van der Waals surface area (Å²) in [5.41, 5.74) is 0.00773. The Morgan fingerprint density at radius 3 is 2.48 bits per heavy atom. The molecule has 2 rings (SSSR count). The van der Waals surface area contributed by atoms with E-state index in [1.54, 1.807) is 24.3 Å². The fraction of sp³-hybridized carbons (Fsp3) is 0.579. The molecule has 0 aliphatic heterocycles. The van der Waals surface area contributed by atoms with Crippen LogP contribution in [0.15, 0.2) is 26.9 Å². The van der Waals surface area contributed by atoms with Crippen LogP contribution in [0.5, 0.6) is 0 Å². The summed E-state index contributed by atoms with van der Waals surface area (Å²) >= 11 is 1.62. The molecule has 0 bridgehead atoms. The minimum absolute atomic E-state index is 0. The summed E-state index contributed by atoms with van der Waals surface area (Å²) in [5.74, 6) is 1.95. The molecule has 0 saturated heterocycles. The van der Waals surface area contributed by atoms with Gasteiger partial charge in [-0.2, -0.15) is 0 Å². The third-order valence-corrected chi connectivity index (χ3v) is 4.74. The Morgan fingerprint density at radius 2 is 1.96 bits per heavy atom. The molecule has 8 heteroatoms.